The summed E-state index contributed by atoms with van der Waals surface area (Å²) in [4.78, 5) is 12.9. The summed E-state index contributed by atoms with van der Waals surface area (Å²) in [7, 11) is 0. The van der Waals surface area contributed by atoms with Crippen LogP contribution in [0.1, 0.15) is 12.0 Å². The van der Waals surface area contributed by atoms with Crippen LogP contribution in [0.4, 0.5) is 0 Å². The summed E-state index contributed by atoms with van der Waals surface area (Å²) in [6.07, 6.45) is 0.801. The van der Waals surface area contributed by atoms with Gasteiger partial charge in [0.05, 0.1) is 12.4 Å². The van der Waals surface area contributed by atoms with E-state index in [9.17, 15) is 4.79 Å². The van der Waals surface area contributed by atoms with Gasteiger partial charge in [-0.05, 0) is 37.1 Å². The molecular weight excluding hydrogens is 294 g/mol. The first-order chi connectivity index (χ1) is 10.8. The number of benzene rings is 2. The Bertz CT molecular complexity index is 587. The van der Waals surface area contributed by atoms with E-state index in [1.54, 1.807) is 11.8 Å². The normalized spacial score (nSPS) is 10.2. The van der Waals surface area contributed by atoms with Crippen molar-refractivity contribution in [1.82, 2.24) is 5.32 Å². The third-order valence-electron chi connectivity index (χ3n) is 3.11. The zero-order valence-electron chi connectivity index (χ0n) is 12.7. The first kappa shape index (κ1) is 16.4. The Kier molecular flexibility index (Phi) is 6.84. The number of carbonyl (C=O) groups is 1. The van der Waals surface area contributed by atoms with Gasteiger partial charge in [0.1, 0.15) is 5.75 Å². The molecule has 1 amide bonds. The summed E-state index contributed by atoms with van der Waals surface area (Å²) >= 11 is 1.57. The maximum Gasteiger partial charge on any atom is 0.230 e. The first-order valence-corrected chi connectivity index (χ1v) is 8.37. The van der Waals surface area contributed by atoms with Gasteiger partial charge in [-0.3, -0.25) is 4.79 Å². The number of thioether (sulfide) groups is 1. The molecule has 0 aromatic heterocycles. The van der Waals surface area contributed by atoms with Crippen molar-refractivity contribution in [3.8, 4) is 5.75 Å². The number of ether oxygens (including phenoxy) is 1. The van der Waals surface area contributed by atoms with Crippen LogP contribution in [-0.4, -0.2) is 24.8 Å². The number of carbonyl (C=O) groups excluding carboxylic acids is 1. The molecule has 2 aromatic rings. The molecule has 4 heteroatoms. The van der Waals surface area contributed by atoms with Gasteiger partial charge in [-0.1, -0.05) is 36.4 Å². The SMILES string of the molecule is Cc1ccccc1SCC(=O)NCCCOc1ccccc1. The minimum absolute atomic E-state index is 0.0629. The van der Waals surface area contributed by atoms with Gasteiger partial charge in [0.2, 0.25) is 5.91 Å². The second-order valence-corrected chi connectivity index (χ2v) is 5.94. The van der Waals surface area contributed by atoms with Gasteiger partial charge in [0.15, 0.2) is 0 Å². The summed E-state index contributed by atoms with van der Waals surface area (Å²) in [6.45, 7) is 3.30. The minimum Gasteiger partial charge on any atom is -0.494 e. The molecule has 116 valence electrons. The van der Waals surface area contributed by atoms with E-state index in [0.29, 0.717) is 18.9 Å². The van der Waals surface area contributed by atoms with Crippen molar-refractivity contribution in [1.29, 1.82) is 0 Å². The quantitative estimate of drug-likeness (QED) is 0.596. The molecule has 1 N–H and O–H groups in total. The topological polar surface area (TPSA) is 38.3 Å². The van der Waals surface area contributed by atoms with Crippen molar-refractivity contribution in [3.05, 3.63) is 60.2 Å². The van der Waals surface area contributed by atoms with E-state index >= 15 is 0 Å². The van der Waals surface area contributed by atoms with E-state index in [0.717, 1.165) is 17.1 Å². The van der Waals surface area contributed by atoms with Gasteiger partial charge in [0.25, 0.3) is 0 Å². The van der Waals surface area contributed by atoms with Gasteiger partial charge in [-0.25, -0.2) is 0 Å². The zero-order chi connectivity index (χ0) is 15.6. The van der Waals surface area contributed by atoms with Crippen LogP contribution in [0.2, 0.25) is 0 Å². The average molecular weight is 315 g/mol. The Balaban J connectivity index is 1.57. The van der Waals surface area contributed by atoms with Gasteiger partial charge >= 0.3 is 0 Å². The molecule has 0 heterocycles. The van der Waals surface area contributed by atoms with Crippen molar-refractivity contribution in [2.24, 2.45) is 0 Å². The standard InChI is InChI=1S/C18H21NO2S/c1-15-8-5-6-11-17(15)22-14-18(20)19-12-7-13-21-16-9-3-2-4-10-16/h2-6,8-11H,7,12-14H2,1H3,(H,19,20). The van der Waals surface area contributed by atoms with E-state index in [1.807, 2.05) is 48.5 Å². The molecule has 0 aliphatic rings. The van der Waals surface area contributed by atoms with E-state index in [4.69, 9.17) is 4.74 Å². The predicted octanol–water partition coefficient (Wildman–Crippen LogP) is 3.67. The number of aryl methyl sites for hydroxylation is 1. The van der Waals surface area contributed by atoms with Gasteiger partial charge in [-0.15, -0.1) is 11.8 Å². The first-order valence-electron chi connectivity index (χ1n) is 7.38. The molecule has 0 unspecified atom stereocenters. The third-order valence-corrected chi connectivity index (χ3v) is 4.28. The molecule has 0 radical (unpaired) electrons. The third kappa shape index (κ3) is 5.82. The van der Waals surface area contributed by atoms with Crippen molar-refractivity contribution in [2.45, 2.75) is 18.2 Å². The molecule has 0 bridgehead atoms. The lowest BCUT2D eigenvalue weighted by atomic mass is 10.2. The van der Waals surface area contributed by atoms with E-state index < -0.39 is 0 Å². The number of nitrogens with one attached hydrogen (secondary N) is 1. The fourth-order valence-electron chi connectivity index (χ4n) is 1.92. The molecule has 2 rings (SSSR count). The molecule has 0 spiro atoms. The van der Waals surface area contributed by atoms with E-state index in [-0.39, 0.29) is 5.91 Å². The molecule has 0 atom stereocenters. The predicted molar refractivity (Wildman–Crippen MR) is 91.5 cm³/mol. The van der Waals surface area contributed by atoms with Gasteiger partial charge in [-0.2, -0.15) is 0 Å². The summed E-state index contributed by atoms with van der Waals surface area (Å²) in [5, 5.41) is 2.92. The molecule has 0 saturated heterocycles. The lowest BCUT2D eigenvalue weighted by Crippen LogP contribution is -2.27. The summed E-state index contributed by atoms with van der Waals surface area (Å²) in [6, 6.07) is 17.8. The maximum absolute atomic E-state index is 11.8. The molecule has 0 saturated carbocycles. The van der Waals surface area contributed by atoms with Crippen molar-refractivity contribution in [3.63, 3.8) is 0 Å². The summed E-state index contributed by atoms with van der Waals surface area (Å²) in [5.74, 6) is 1.38. The Morgan fingerprint density at radius 1 is 1.09 bits per heavy atom. The van der Waals surface area contributed by atoms with Crippen LogP contribution in [0.15, 0.2) is 59.5 Å². The van der Waals surface area contributed by atoms with Crippen molar-refractivity contribution in [2.75, 3.05) is 18.9 Å². The summed E-state index contributed by atoms with van der Waals surface area (Å²) in [5.41, 5.74) is 1.21. The fourth-order valence-corrected chi connectivity index (χ4v) is 2.78. The Labute approximate surface area is 136 Å². The number of rotatable bonds is 8. The second kappa shape index (κ2) is 9.15. The second-order valence-electron chi connectivity index (χ2n) is 4.92. The highest BCUT2D eigenvalue weighted by molar-refractivity contribution is 8.00. The lowest BCUT2D eigenvalue weighted by molar-refractivity contribution is -0.118. The molecular formula is C18H21NO2S. The highest BCUT2D eigenvalue weighted by atomic mass is 32.2. The van der Waals surface area contributed by atoms with Crippen molar-refractivity contribution >= 4 is 17.7 Å². The molecule has 3 nitrogen and oxygen atoms in total. The van der Waals surface area contributed by atoms with Crippen LogP contribution in [0.5, 0.6) is 5.75 Å². The molecule has 2 aromatic carbocycles. The average Bonchev–Trinajstić information content (AvgIpc) is 2.55. The monoisotopic (exact) mass is 315 g/mol. The minimum atomic E-state index is 0.0629. The van der Waals surface area contributed by atoms with Gasteiger partial charge in [0, 0.05) is 11.4 Å². The highest BCUT2D eigenvalue weighted by Crippen LogP contribution is 2.21. The molecule has 0 aliphatic carbocycles. The maximum atomic E-state index is 11.8. The Hall–Kier alpha value is -1.94. The van der Waals surface area contributed by atoms with Crippen LogP contribution in [0.3, 0.4) is 0 Å². The van der Waals surface area contributed by atoms with Crippen LogP contribution in [0.25, 0.3) is 0 Å². The number of para-hydroxylation sites is 1. The van der Waals surface area contributed by atoms with Crippen molar-refractivity contribution < 1.29 is 9.53 Å². The molecule has 22 heavy (non-hydrogen) atoms. The fraction of sp³-hybridized carbons (Fsp3) is 0.278. The van der Waals surface area contributed by atoms with E-state index in [1.165, 1.54) is 5.56 Å². The van der Waals surface area contributed by atoms with Crippen LogP contribution in [-0.2, 0) is 4.79 Å². The summed E-state index contributed by atoms with van der Waals surface area (Å²) < 4.78 is 5.58. The van der Waals surface area contributed by atoms with Crippen LogP contribution in [0, 0.1) is 6.92 Å². The molecule has 0 aliphatic heterocycles. The molecule has 0 fully saturated rings. The number of hydrogen-bond donors (Lipinski definition) is 1. The lowest BCUT2D eigenvalue weighted by Gasteiger charge is -2.08. The van der Waals surface area contributed by atoms with E-state index in [2.05, 4.69) is 18.3 Å². The number of amides is 1. The van der Waals surface area contributed by atoms with Crippen LogP contribution >= 0.6 is 11.8 Å². The highest BCUT2D eigenvalue weighted by Gasteiger charge is 2.04. The Morgan fingerprint density at radius 2 is 1.82 bits per heavy atom. The van der Waals surface area contributed by atoms with Gasteiger partial charge < -0.3 is 10.1 Å². The smallest absolute Gasteiger partial charge is 0.230 e. The van der Waals surface area contributed by atoms with Crippen LogP contribution < -0.4 is 10.1 Å². The number of hydrogen-bond acceptors (Lipinski definition) is 3. The largest absolute Gasteiger partial charge is 0.494 e. The Morgan fingerprint density at radius 3 is 2.59 bits per heavy atom. The zero-order valence-corrected chi connectivity index (χ0v) is 13.6.